The number of sulfonamides is 1. The van der Waals surface area contributed by atoms with Gasteiger partial charge in [-0.15, -0.1) is 0 Å². The molecule has 2 aliphatic rings. The first-order valence-electron chi connectivity index (χ1n) is 10.2. The van der Waals surface area contributed by atoms with Gasteiger partial charge in [0.25, 0.3) is 0 Å². The van der Waals surface area contributed by atoms with Gasteiger partial charge >= 0.3 is 6.09 Å². The summed E-state index contributed by atoms with van der Waals surface area (Å²) >= 11 is 0. The number of ether oxygens (including phenoxy) is 1. The van der Waals surface area contributed by atoms with Gasteiger partial charge in [0.1, 0.15) is 6.10 Å². The van der Waals surface area contributed by atoms with Crippen LogP contribution in [0.15, 0.2) is 24.3 Å². The highest BCUT2D eigenvalue weighted by Crippen LogP contribution is 2.36. The van der Waals surface area contributed by atoms with Gasteiger partial charge in [-0.2, -0.15) is 5.10 Å². The first kappa shape index (κ1) is 20.5. The summed E-state index contributed by atoms with van der Waals surface area (Å²) in [4.78, 5) is 11.8. The standard InChI is InChI=1S/C20H27N5O4S/c1-12(2)21-20(26)29-16-5-3-13(10-16)18-11-19(24-23-18)22-15-4-6-17-14(9-15)7-8-30(27,28)25-17/h4,6,9,11-13,16,25H,3,5,7-8,10H2,1-2H3,(H,21,26)(H2,22,23,24). The third-order valence-corrected chi connectivity index (χ3v) is 6.66. The Morgan fingerprint density at radius 1 is 1.27 bits per heavy atom. The van der Waals surface area contributed by atoms with Crippen molar-refractivity contribution < 1.29 is 17.9 Å². The van der Waals surface area contributed by atoms with Gasteiger partial charge in [0.2, 0.25) is 10.0 Å². The summed E-state index contributed by atoms with van der Waals surface area (Å²) in [6, 6.07) is 7.57. The summed E-state index contributed by atoms with van der Waals surface area (Å²) in [5.41, 5.74) is 3.46. The molecule has 2 atom stereocenters. The molecule has 0 radical (unpaired) electrons. The zero-order chi connectivity index (χ0) is 21.3. The molecule has 1 aliphatic heterocycles. The number of anilines is 3. The van der Waals surface area contributed by atoms with E-state index >= 15 is 0 Å². The molecule has 2 unspecified atom stereocenters. The fourth-order valence-electron chi connectivity index (χ4n) is 3.95. The Kier molecular flexibility index (Phi) is 5.59. The van der Waals surface area contributed by atoms with Crippen LogP contribution in [0.1, 0.15) is 50.3 Å². The SMILES string of the molecule is CC(C)NC(=O)OC1CCC(c2cc(Nc3ccc4c(c3)CCS(=O)(=O)N4)n[nH]2)C1. The molecule has 162 valence electrons. The van der Waals surface area contributed by atoms with Crippen LogP contribution < -0.4 is 15.4 Å². The lowest BCUT2D eigenvalue weighted by molar-refractivity contribution is 0.0981. The molecule has 1 fully saturated rings. The van der Waals surface area contributed by atoms with Crippen LogP contribution in [0.5, 0.6) is 0 Å². The smallest absolute Gasteiger partial charge is 0.407 e. The first-order chi connectivity index (χ1) is 14.3. The van der Waals surface area contributed by atoms with E-state index in [0.29, 0.717) is 17.9 Å². The summed E-state index contributed by atoms with van der Waals surface area (Å²) in [7, 11) is -3.22. The number of nitrogens with zero attached hydrogens (tertiary/aromatic N) is 1. The van der Waals surface area contributed by atoms with Gasteiger partial charge in [-0.05, 0) is 63.3 Å². The predicted molar refractivity (Wildman–Crippen MR) is 115 cm³/mol. The summed E-state index contributed by atoms with van der Waals surface area (Å²) in [6.45, 7) is 3.80. The largest absolute Gasteiger partial charge is 0.446 e. The van der Waals surface area contributed by atoms with E-state index < -0.39 is 10.0 Å². The van der Waals surface area contributed by atoms with Gasteiger partial charge in [-0.1, -0.05) is 0 Å². The van der Waals surface area contributed by atoms with E-state index in [2.05, 4.69) is 25.6 Å². The molecule has 1 amide bonds. The Hall–Kier alpha value is -2.75. The number of benzene rings is 1. The number of alkyl carbamates (subject to hydrolysis) is 1. The molecule has 9 nitrogen and oxygen atoms in total. The number of hydrogen-bond donors (Lipinski definition) is 4. The zero-order valence-corrected chi connectivity index (χ0v) is 17.9. The van der Waals surface area contributed by atoms with Crippen molar-refractivity contribution in [1.29, 1.82) is 0 Å². The monoisotopic (exact) mass is 433 g/mol. The van der Waals surface area contributed by atoms with E-state index in [0.717, 1.165) is 36.2 Å². The highest BCUT2D eigenvalue weighted by Gasteiger charge is 2.30. The Labute approximate surface area is 176 Å². The lowest BCUT2D eigenvalue weighted by Crippen LogP contribution is -2.33. The van der Waals surface area contributed by atoms with Crippen molar-refractivity contribution in [2.45, 2.75) is 57.6 Å². The topological polar surface area (TPSA) is 125 Å². The van der Waals surface area contributed by atoms with E-state index in [1.165, 1.54) is 0 Å². The predicted octanol–water partition coefficient (Wildman–Crippen LogP) is 3.22. The fourth-order valence-corrected chi connectivity index (χ4v) is 5.07. The average molecular weight is 434 g/mol. The molecular formula is C20H27N5O4S. The second kappa shape index (κ2) is 8.17. The normalized spacial score (nSPS) is 22.2. The maximum absolute atomic E-state index is 11.8. The maximum atomic E-state index is 11.8. The second-order valence-corrected chi connectivity index (χ2v) is 10.1. The molecule has 0 bridgehead atoms. The quantitative estimate of drug-likeness (QED) is 0.574. The van der Waals surface area contributed by atoms with Crippen LogP contribution in [0.4, 0.5) is 22.0 Å². The van der Waals surface area contributed by atoms with Gasteiger partial charge in [-0.25, -0.2) is 13.2 Å². The van der Waals surface area contributed by atoms with Crippen LogP contribution in [0.3, 0.4) is 0 Å². The first-order valence-corrected chi connectivity index (χ1v) is 11.9. The second-order valence-electron chi connectivity index (χ2n) is 8.21. The number of carbonyl (C=O) groups excluding carboxylic acids is 1. The maximum Gasteiger partial charge on any atom is 0.407 e. The van der Waals surface area contributed by atoms with E-state index in [4.69, 9.17) is 4.74 Å². The number of amides is 1. The van der Waals surface area contributed by atoms with Crippen LogP contribution in [0.2, 0.25) is 0 Å². The van der Waals surface area contributed by atoms with Crippen molar-refractivity contribution in [3.05, 3.63) is 35.5 Å². The molecule has 1 aliphatic carbocycles. The molecule has 2 aromatic rings. The summed E-state index contributed by atoms with van der Waals surface area (Å²) < 4.78 is 31.4. The van der Waals surface area contributed by atoms with Gasteiger partial charge in [-0.3, -0.25) is 9.82 Å². The molecule has 1 aromatic carbocycles. The van der Waals surface area contributed by atoms with Crippen molar-refractivity contribution in [2.75, 3.05) is 15.8 Å². The number of fused-ring (bicyclic) bond motifs is 1. The fraction of sp³-hybridized carbons (Fsp3) is 0.500. The molecule has 0 saturated heterocycles. The van der Waals surface area contributed by atoms with Gasteiger partial charge < -0.3 is 15.4 Å². The van der Waals surface area contributed by atoms with Crippen molar-refractivity contribution in [3.8, 4) is 0 Å². The van der Waals surface area contributed by atoms with Crippen molar-refractivity contribution in [1.82, 2.24) is 15.5 Å². The van der Waals surface area contributed by atoms with Crippen LogP contribution >= 0.6 is 0 Å². The summed E-state index contributed by atoms with van der Waals surface area (Å²) in [5, 5.41) is 13.5. The van der Waals surface area contributed by atoms with E-state index in [9.17, 15) is 13.2 Å². The van der Waals surface area contributed by atoms with E-state index in [1.54, 1.807) is 6.07 Å². The Balaban J connectivity index is 1.36. The molecule has 4 rings (SSSR count). The van der Waals surface area contributed by atoms with Gasteiger partial charge in [0.15, 0.2) is 5.82 Å². The van der Waals surface area contributed by atoms with Crippen LogP contribution in [0.25, 0.3) is 0 Å². The Morgan fingerprint density at radius 3 is 2.90 bits per heavy atom. The van der Waals surface area contributed by atoms with Crippen LogP contribution in [0, 0.1) is 0 Å². The number of nitrogens with one attached hydrogen (secondary N) is 4. The highest BCUT2D eigenvalue weighted by atomic mass is 32.2. The van der Waals surface area contributed by atoms with Crippen LogP contribution in [-0.2, 0) is 21.2 Å². The molecule has 1 saturated carbocycles. The zero-order valence-electron chi connectivity index (χ0n) is 17.1. The number of H-pyrrole nitrogens is 1. The Bertz CT molecular complexity index is 1030. The summed E-state index contributed by atoms with van der Waals surface area (Å²) in [6.07, 6.45) is 2.57. The van der Waals surface area contributed by atoms with Crippen molar-refractivity contribution in [2.24, 2.45) is 0 Å². The minimum absolute atomic E-state index is 0.0553. The number of carbonyl (C=O) groups is 1. The van der Waals surface area contributed by atoms with Crippen LogP contribution in [-0.4, -0.2) is 42.6 Å². The van der Waals surface area contributed by atoms with Gasteiger partial charge in [0, 0.05) is 29.4 Å². The number of aromatic nitrogens is 2. The lowest BCUT2D eigenvalue weighted by atomic mass is 10.0. The number of aromatic amines is 1. The highest BCUT2D eigenvalue weighted by molar-refractivity contribution is 7.92. The minimum atomic E-state index is -3.22. The van der Waals surface area contributed by atoms with Gasteiger partial charge in [0.05, 0.1) is 11.4 Å². The number of aryl methyl sites for hydroxylation is 1. The minimum Gasteiger partial charge on any atom is -0.446 e. The number of hydrogen-bond acceptors (Lipinski definition) is 6. The summed E-state index contributed by atoms with van der Waals surface area (Å²) in [5.74, 6) is 1.06. The Morgan fingerprint density at radius 2 is 2.10 bits per heavy atom. The third kappa shape index (κ3) is 4.86. The van der Waals surface area contributed by atoms with E-state index in [-0.39, 0.29) is 29.9 Å². The molecule has 4 N–H and O–H groups in total. The molecule has 10 heteroatoms. The molecular weight excluding hydrogens is 406 g/mol. The van der Waals surface area contributed by atoms with Crippen molar-refractivity contribution >= 4 is 33.3 Å². The molecule has 2 heterocycles. The van der Waals surface area contributed by atoms with E-state index in [1.807, 2.05) is 32.0 Å². The average Bonchev–Trinajstić information content (AvgIpc) is 3.30. The number of rotatable bonds is 5. The molecule has 30 heavy (non-hydrogen) atoms. The van der Waals surface area contributed by atoms with Crippen molar-refractivity contribution in [3.63, 3.8) is 0 Å². The lowest BCUT2D eigenvalue weighted by Gasteiger charge is -2.19. The molecule has 1 aromatic heterocycles. The molecule has 0 spiro atoms. The third-order valence-electron chi connectivity index (χ3n) is 5.39.